The number of rotatable bonds is 4. The number of nitrogens with zero attached hydrogens (tertiary/aromatic N) is 2. The van der Waals surface area contributed by atoms with E-state index in [1.54, 1.807) is 6.20 Å². The van der Waals surface area contributed by atoms with Crippen LogP contribution in [-0.2, 0) is 6.54 Å². The molecule has 0 amide bonds. The topological polar surface area (TPSA) is 54.8 Å². The fourth-order valence-electron chi connectivity index (χ4n) is 3.72. The number of fused-ring (bicyclic) bond motifs is 1. The first kappa shape index (κ1) is 16.4. The third-order valence-corrected chi connectivity index (χ3v) is 5.29. The maximum atomic E-state index is 10.6. The van der Waals surface area contributed by atoms with Gasteiger partial charge in [-0.3, -0.25) is 9.88 Å². The molecule has 2 aromatic rings. The summed E-state index contributed by atoms with van der Waals surface area (Å²) in [6, 6.07) is 9.89. The first-order chi connectivity index (χ1) is 12.2. The number of piperidine rings is 1. The number of aromatic nitrogens is 1. The highest BCUT2D eigenvalue weighted by Gasteiger charge is 2.27. The highest BCUT2D eigenvalue weighted by Crippen LogP contribution is 2.36. The molecule has 3 heterocycles. The van der Waals surface area contributed by atoms with E-state index in [1.807, 2.05) is 18.2 Å². The molecule has 1 aromatic carbocycles. The summed E-state index contributed by atoms with van der Waals surface area (Å²) in [5, 5.41) is 10.6. The fourth-order valence-corrected chi connectivity index (χ4v) is 3.72. The normalized spacial score (nSPS) is 19.1. The Kier molecular flexibility index (Phi) is 4.59. The van der Waals surface area contributed by atoms with Crippen molar-refractivity contribution in [1.82, 2.24) is 9.88 Å². The van der Waals surface area contributed by atoms with E-state index in [4.69, 9.17) is 9.47 Å². The number of hydrogen-bond acceptors (Lipinski definition) is 5. The summed E-state index contributed by atoms with van der Waals surface area (Å²) in [5.41, 5.74) is 3.31. The van der Waals surface area contributed by atoms with Crippen LogP contribution in [0, 0.1) is 12.8 Å². The maximum Gasteiger partial charge on any atom is 0.231 e. The number of benzene rings is 1. The second-order valence-electron chi connectivity index (χ2n) is 6.94. The predicted molar refractivity (Wildman–Crippen MR) is 94.5 cm³/mol. The molecule has 1 N–H and O–H groups in total. The summed E-state index contributed by atoms with van der Waals surface area (Å²) in [5.74, 6) is 1.98. The third-order valence-electron chi connectivity index (χ3n) is 5.29. The summed E-state index contributed by atoms with van der Waals surface area (Å²) in [6.45, 7) is 5.32. The van der Waals surface area contributed by atoms with Crippen molar-refractivity contribution in [3.63, 3.8) is 0 Å². The second-order valence-corrected chi connectivity index (χ2v) is 6.94. The van der Waals surface area contributed by atoms with Gasteiger partial charge >= 0.3 is 0 Å². The number of aliphatic hydroxyl groups is 1. The zero-order valence-electron chi connectivity index (χ0n) is 14.5. The minimum absolute atomic E-state index is 0.281. The van der Waals surface area contributed by atoms with Crippen molar-refractivity contribution >= 4 is 0 Å². The average Bonchev–Trinajstić information content (AvgIpc) is 3.10. The van der Waals surface area contributed by atoms with E-state index >= 15 is 0 Å². The van der Waals surface area contributed by atoms with Gasteiger partial charge in [-0.25, -0.2) is 0 Å². The quantitative estimate of drug-likeness (QED) is 0.927. The Labute approximate surface area is 148 Å². The molecule has 0 bridgehead atoms. The third kappa shape index (κ3) is 3.48. The van der Waals surface area contributed by atoms with Crippen molar-refractivity contribution in [2.24, 2.45) is 5.92 Å². The Balaban J connectivity index is 1.36. The number of likely N-dealkylation sites (tertiary alicyclic amines) is 1. The molecule has 4 rings (SSSR count). The zero-order chi connectivity index (χ0) is 17.2. The summed E-state index contributed by atoms with van der Waals surface area (Å²) < 4.78 is 10.9. The van der Waals surface area contributed by atoms with Crippen LogP contribution in [0.2, 0.25) is 0 Å². The number of aliphatic hydroxyl groups excluding tert-OH is 1. The van der Waals surface area contributed by atoms with E-state index in [0.29, 0.717) is 6.79 Å². The molecular weight excluding hydrogens is 316 g/mol. The summed E-state index contributed by atoms with van der Waals surface area (Å²) >= 11 is 0. The van der Waals surface area contributed by atoms with Gasteiger partial charge < -0.3 is 14.6 Å². The number of pyridine rings is 1. The summed E-state index contributed by atoms with van der Waals surface area (Å²) in [7, 11) is 0. The SMILES string of the molecule is Cc1cc2c(cc1CN1CCC([C@H](O)c3ccccn3)CC1)OCO2. The Hall–Kier alpha value is -2.11. The van der Waals surface area contributed by atoms with Gasteiger partial charge in [-0.05, 0) is 74.2 Å². The lowest BCUT2D eigenvalue weighted by Gasteiger charge is -2.34. The van der Waals surface area contributed by atoms with Crippen LogP contribution in [0.25, 0.3) is 0 Å². The summed E-state index contributed by atoms with van der Waals surface area (Å²) in [4.78, 5) is 6.75. The van der Waals surface area contributed by atoms with Crippen molar-refractivity contribution < 1.29 is 14.6 Å². The molecular formula is C20H24N2O3. The number of hydrogen-bond donors (Lipinski definition) is 1. The van der Waals surface area contributed by atoms with Gasteiger partial charge in [0.2, 0.25) is 6.79 Å². The molecule has 0 aliphatic carbocycles. The minimum Gasteiger partial charge on any atom is -0.454 e. The lowest BCUT2D eigenvalue weighted by Crippen LogP contribution is -2.35. The van der Waals surface area contributed by atoms with E-state index in [9.17, 15) is 5.11 Å². The molecule has 2 aliphatic heterocycles. The molecule has 1 atom stereocenters. The van der Waals surface area contributed by atoms with E-state index in [1.165, 1.54) is 11.1 Å². The first-order valence-corrected chi connectivity index (χ1v) is 8.91. The van der Waals surface area contributed by atoms with Crippen LogP contribution < -0.4 is 9.47 Å². The number of aryl methyl sites for hydroxylation is 1. The van der Waals surface area contributed by atoms with Crippen LogP contribution in [-0.4, -0.2) is 34.9 Å². The van der Waals surface area contributed by atoms with Crippen molar-refractivity contribution in [3.05, 3.63) is 53.3 Å². The molecule has 0 spiro atoms. The molecule has 132 valence electrons. The van der Waals surface area contributed by atoms with Gasteiger partial charge in [0.1, 0.15) is 0 Å². The molecule has 1 aromatic heterocycles. The van der Waals surface area contributed by atoms with Gasteiger partial charge in [-0.2, -0.15) is 0 Å². The first-order valence-electron chi connectivity index (χ1n) is 8.91. The van der Waals surface area contributed by atoms with E-state index < -0.39 is 6.10 Å². The Morgan fingerprint density at radius 1 is 1.20 bits per heavy atom. The van der Waals surface area contributed by atoms with Gasteiger partial charge in [0.15, 0.2) is 11.5 Å². The van der Waals surface area contributed by atoms with E-state index in [2.05, 4.69) is 28.9 Å². The smallest absolute Gasteiger partial charge is 0.231 e. The molecule has 2 aliphatic rings. The maximum absolute atomic E-state index is 10.6. The molecule has 25 heavy (non-hydrogen) atoms. The lowest BCUT2D eigenvalue weighted by atomic mass is 9.89. The minimum atomic E-state index is -0.462. The zero-order valence-corrected chi connectivity index (χ0v) is 14.5. The van der Waals surface area contributed by atoms with Crippen molar-refractivity contribution in [1.29, 1.82) is 0 Å². The predicted octanol–water partition coefficient (Wildman–Crippen LogP) is 3.06. The Morgan fingerprint density at radius 3 is 2.68 bits per heavy atom. The second kappa shape index (κ2) is 7.02. The molecule has 5 nitrogen and oxygen atoms in total. The lowest BCUT2D eigenvalue weighted by molar-refractivity contribution is 0.0539. The molecule has 0 saturated carbocycles. The average molecular weight is 340 g/mol. The van der Waals surface area contributed by atoms with Crippen LogP contribution in [0.1, 0.15) is 35.8 Å². The fraction of sp³-hybridized carbons (Fsp3) is 0.450. The van der Waals surface area contributed by atoms with Gasteiger partial charge in [-0.15, -0.1) is 0 Å². The van der Waals surface area contributed by atoms with Crippen LogP contribution in [0.4, 0.5) is 0 Å². The van der Waals surface area contributed by atoms with Crippen molar-refractivity contribution in [2.45, 2.75) is 32.4 Å². The van der Waals surface area contributed by atoms with Crippen LogP contribution >= 0.6 is 0 Å². The van der Waals surface area contributed by atoms with E-state index in [-0.39, 0.29) is 5.92 Å². The molecule has 1 saturated heterocycles. The van der Waals surface area contributed by atoms with Gasteiger partial charge in [0.25, 0.3) is 0 Å². The highest BCUT2D eigenvalue weighted by atomic mass is 16.7. The Bertz CT molecular complexity index is 727. The van der Waals surface area contributed by atoms with Gasteiger partial charge in [-0.1, -0.05) is 6.07 Å². The largest absolute Gasteiger partial charge is 0.454 e. The van der Waals surface area contributed by atoms with Crippen LogP contribution in [0.5, 0.6) is 11.5 Å². The summed E-state index contributed by atoms with van der Waals surface area (Å²) in [6.07, 6.45) is 3.26. The van der Waals surface area contributed by atoms with E-state index in [0.717, 1.165) is 49.7 Å². The highest BCUT2D eigenvalue weighted by molar-refractivity contribution is 5.48. The van der Waals surface area contributed by atoms with Gasteiger partial charge in [0.05, 0.1) is 11.8 Å². The molecule has 0 unspecified atom stereocenters. The Morgan fingerprint density at radius 2 is 1.96 bits per heavy atom. The van der Waals surface area contributed by atoms with Crippen LogP contribution in [0.3, 0.4) is 0 Å². The van der Waals surface area contributed by atoms with Crippen LogP contribution in [0.15, 0.2) is 36.5 Å². The molecule has 1 fully saturated rings. The standard InChI is InChI=1S/C20H24N2O3/c1-14-10-18-19(25-13-24-18)11-16(14)12-22-8-5-15(6-9-22)20(23)17-4-2-3-7-21-17/h2-4,7,10-11,15,20,23H,5-6,8-9,12-13H2,1H3/t20-/m0/s1. The number of ether oxygens (including phenoxy) is 2. The molecule has 0 radical (unpaired) electrons. The van der Waals surface area contributed by atoms with Crippen molar-refractivity contribution in [2.75, 3.05) is 19.9 Å². The van der Waals surface area contributed by atoms with Crippen molar-refractivity contribution in [3.8, 4) is 11.5 Å². The molecule has 5 heteroatoms. The monoisotopic (exact) mass is 340 g/mol. The van der Waals surface area contributed by atoms with Gasteiger partial charge in [0, 0.05) is 12.7 Å².